The van der Waals surface area contributed by atoms with E-state index in [1.54, 1.807) is 25.5 Å². The second-order valence-electron chi connectivity index (χ2n) is 8.19. The molecule has 3 N–H and O–H groups in total. The summed E-state index contributed by atoms with van der Waals surface area (Å²) in [6, 6.07) is 5.34. The molecule has 33 heavy (non-hydrogen) atoms. The zero-order valence-electron chi connectivity index (χ0n) is 18.8. The van der Waals surface area contributed by atoms with Crippen LogP contribution in [0.15, 0.2) is 35.6 Å². The van der Waals surface area contributed by atoms with Gasteiger partial charge in [-0.25, -0.2) is 14.4 Å². The highest BCUT2D eigenvalue weighted by Crippen LogP contribution is 2.24. The molecule has 1 aliphatic rings. The monoisotopic (exact) mass is 471 g/mol. The van der Waals surface area contributed by atoms with Crippen LogP contribution in [0.4, 0.5) is 10.1 Å². The van der Waals surface area contributed by atoms with Crippen LogP contribution >= 0.6 is 11.6 Å². The molecule has 2 atom stereocenters. The number of hydrogen-bond donors (Lipinski definition) is 3. The first-order valence-corrected chi connectivity index (χ1v) is 11.2. The number of rotatable bonds is 7. The van der Waals surface area contributed by atoms with Crippen LogP contribution in [-0.4, -0.2) is 77.4 Å². The van der Waals surface area contributed by atoms with Crippen molar-refractivity contribution in [3.05, 3.63) is 52.4 Å². The first kappa shape index (κ1) is 23.1. The number of aromatic nitrogens is 3. The molecular weight excluding hydrogens is 445 g/mol. The zero-order valence-corrected chi connectivity index (χ0v) is 19.6. The van der Waals surface area contributed by atoms with E-state index in [-0.39, 0.29) is 11.9 Å². The lowest BCUT2D eigenvalue weighted by molar-refractivity contribution is 0.0933. The Kier molecular flexibility index (Phi) is 6.90. The van der Waals surface area contributed by atoms with Gasteiger partial charge in [-0.05, 0) is 31.5 Å². The molecular formula is C23H27ClFN7O. The molecule has 0 bridgehead atoms. The molecule has 8 nitrogen and oxygen atoms in total. The zero-order chi connectivity index (χ0) is 23.5. The molecule has 0 radical (unpaired) electrons. The normalized spacial score (nSPS) is 18.0. The van der Waals surface area contributed by atoms with E-state index in [1.807, 2.05) is 31.0 Å². The Morgan fingerprint density at radius 2 is 2.24 bits per heavy atom. The molecule has 10 heteroatoms. The van der Waals surface area contributed by atoms with Crippen LogP contribution in [0.5, 0.6) is 0 Å². The lowest BCUT2D eigenvalue weighted by Gasteiger charge is -2.21. The standard InChI is InChI=1S/C23H27ClFN7O/c1-13(11-32-7-6-15(25)12-32)30-23(33)17-9-28-22-21(17)31-19(10-29-22)20(27-3)16-5-4-14(24)8-18(16)26-2/h4-5,8-10,13,15,26H,6-7,11-12H2,1-3H3,(H,28,29)(H,30,33). The van der Waals surface area contributed by atoms with Gasteiger partial charge in [-0.1, -0.05) is 11.6 Å². The number of benzene rings is 1. The Morgan fingerprint density at radius 1 is 1.42 bits per heavy atom. The first-order chi connectivity index (χ1) is 15.9. The number of hydrogen-bond acceptors (Lipinski definition) is 6. The predicted octanol–water partition coefficient (Wildman–Crippen LogP) is 3.28. The van der Waals surface area contributed by atoms with Crippen molar-refractivity contribution < 1.29 is 9.18 Å². The number of alkyl halides is 1. The van der Waals surface area contributed by atoms with E-state index >= 15 is 0 Å². The summed E-state index contributed by atoms with van der Waals surface area (Å²) in [4.78, 5) is 31.6. The van der Waals surface area contributed by atoms with Crippen LogP contribution in [0.3, 0.4) is 0 Å². The number of amides is 1. The number of nitrogens with zero attached hydrogens (tertiary/aromatic N) is 4. The van der Waals surface area contributed by atoms with Crippen LogP contribution in [0.1, 0.15) is 35.0 Å². The van der Waals surface area contributed by atoms with Crippen molar-refractivity contribution >= 4 is 40.1 Å². The van der Waals surface area contributed by atoms with E-state index < -0.39 is 6.17 Å². The van der Waals surface area contributed by atoms with Crippen LogP contribution in [0, 0.1) is 0 Å². The molecule has 2 aromatic heterocycles. The van der Waals surface area contributed by atoms with Crippen molar-refractivity contribution in [2.24, 2.45) is 4.99 Å². The number of halogens is 2. The summed E-state index contributed by atoms with van der Waals surface area (Å²) >= 11 is 6.13. The van der Waals surface area contributed by atoms with Crippen molar-refractivity contribution in [3.63, 3.8) is 0 Å². The van der Waals surface area contributed by atoms with Crippen molar-refractivity contribution in [2.75, 3.05) is 39.0 Å². The molecule has 174 valence electrons. The Morgan fingerprint density at radius 3 is 2.94 bits per heavy atom. The van der Waals surface area contributed by atoms with Gasteiger partial charge in [-0.3, -0.25) is 14.7 Å². The van der Waals surface area contributed by atoms with E-state index in [9.17, 15) is 9.18 Å². The van der Waals surface area contributed by atoms with Gasteiger partial charge in [-0.15, -0.1) is 0 Å². The molecule has 3 aromatic rings. The molecule has 1 aromatic carbocycles. The average molecular weight is 472 g/mol. The lowest BCUT2D eigenvalue weighted by Crippen LogP contribution is -2.41. The number of carbonyl (C=O) groups excluding carboxylic acids is 1. The first-order valence-electron chi connectivity index (χ1n) is 10.9. The second kappa shape index (κ2) is 9.84. The third-order valence-corrected chi connectivity index (χ3v) is 5.96. The maximum atomic E-state index is 13.4. The Bertz CT molecular complexity index is 1190. The highest BCUT2D eigenvalue weighted by Gasteiger charge is 2.24. The number of carbonyl (C=O) groups is 1. The number of anilines is 1. The minimum absolute atomic E-state index is 0.135. The van der Waals surface area contributed by atoms with Gasteiger partial charge >= 0.3 is 0 Å². The van der Waals surface area contributed by atoms with Gasteiger partial charge in [0.25, 0.3) is 5.91 Å². The molecule has 2 unspecified atom stereocenters. The van der Waals surface area contributed by atoms with Crippen molar-refractivity contribution in [1.29, 1.82) is 0 Å². The van der Waals surface area contributed by atoms with Crippen molar-refractivity contribution in [2.45, 2.75) is 25.6 Å². The van der Waals surface area contributed by atoms with E-state index in [1.165, 1.54) is 0 Å². The fourth-order valence-corrected chi connectivity index (χ4v) is 4.34. The summed E-state index contributed by atoms with van der Waals surface area (Å²) in [6.45, 7) is 3.64. The van der Waals surface area contributed by atoms with Gasteiger partial charge in [0, 0.05) is 62.2 Å². The van der Waals surface area contributed by atoms with Gasteiger partial charge in [0.15, 0.2) is 5.65 Å². The SMILES string of the molecule is CN=C(c1cnc2[nH]cc(C(=O)NC(C)CN3CCC(F)C3)c2n1)c1ccc(Cl)cc1NC. The largest absolute Gasteiger partial charge is 0.388 e. The van der Waals surface area contributed by atoms with E-state index in [2.05, 4.69) is 25.6 Å². The van der Waals surface area contributed by atoms with Crippen LogP contribution in [0.2, 0.25) is 5.02 Å². The number of fused-ring (bicyclic) bond motifs is 1. The minimum atomic E-state index is -0.784. The Hall–Kier alpha value is -3.04. The van der Waals surface area contributed by atoms with Gasteiger partial charge in [-0.2, -0.15) is 0 Å². The number of nitrogens with one attached hydrogen (secondary N) is 3. The fourth-order valence-electron chi connectivity index (χ4n) is 4.17. The molecule has 1 amide bonds. The maximum absolute atomic E-state index is 13.4. The summed E-state index contributed by atoms with van der Waals surface area (Å²) in [5.41, 5.74) is 4.17. The highest BCUT2D eigenvalue weighted by atomic mass is 35.5. The lowest BCUT2D eigenvalue weighted by atomic mass is 10.0. The quantitative estimate of drug-likeness (QED) is 0.459. The summed E-state index contributed by atoms with van der Waals surface area (Å²) in [5, 5.41) is 6.72. The van der Waals surface area contributed by atoms with E-state index in [4.69, 9.17) is 16.6 Å². The summed E-state index contributed by atoms with van der Waals surface area (Å²) < 4.78 is 13.4. The van der Waals surface area contributed by atoms with Crippen LogP contribution in [0.25, 0.3) is 11.2 Å². The fraction of sp³-hybridized carbons (Fsp3) is 0.391. The molecule has 4 rings (SSSR count). The maximum Gasteiger partial charge on any atom is 0.255 e. The van der Waals surface area contributed by atoms with Gasteiger partial charge < -0.3 is 15.6 Å². The Balaban J connectivity index is 1.59. The molecule has 1 aliphatic heterocycles. The second-order valence-corrected chi connectivity index (χ2v) is 8.62. The molecule has 0 aliphatic carbocycles. The van der Waals surface area contributed by atoms with Crippen molar-refractivity contribution in [3.8, 4) is 0 Å². The molecule has 3 heterocycles. The molecule has 0 saturated carbocycles. The van der Waals surface area contributed by atoms with Crippen LogP contribution in [-0.2, 0) is 0 Å². The molecule has 0 spiro atoms. The van der Waals surface area contributed by atoms with Gasteiger partial charge in [0.05, 0.1) is 17.5 Å². The van der Waals surface area contributed by atoms with Gasteiger partial charge in [0.1, 0.15) is 17.4 Å². The highest BCUT2D eigenvalue weighted by molar-refractivity contribution is 6.31. The van der Waals surface area contributed by atoms with E-state index in [0.717, 1.165) is 11.3 Å². The minimum Gasteiger partial charge on any atom is -0.388 e. The summed E-state index contributed by atoms with van der Waals surface area (Å²) in [7, 11) is 3.49. The predicted molar refractivity (Wildman–Crippen MR) is 129 cm³/mol. The third-order valence-electron chi connectivity index (χ3n) is 5.72. The topological polar surface area (TPSA) is 98.3 Å². The average Bonchev–Trinajstić information content (AvgIpc) is 3.40. The molecule has 1 fully saturated rings. The summed E-state index contributed by atoms with van der Waals surface area (Å²) in [6.07, 6.45) is 2.99. The van der Waals surface area contributed by atoms with Crippen molar-refractivity contribution in [1.82, 2.24) is 25.2 Å². The van der Waals surface area contributed by atoms with E-state index in [0.29, 0.717) is 59.2 Å². The molecule has 1 saturated heterocycles. The van der Waals surface area contributed by atoms with Gasteiger partial charge in [0.2, 0.25) is 0 Å². The number of aromatic amines is 1. The number of aliphatic imine (C=N–C) groups is 1. The Labute approximate surface area is 196 Å². The van der Waals surface area contributed by atoms with Crippen LogP contribution < -0.4 is 10.6 Å². The number of H-pyrrole nitrogens is 1. The summed E-state index contributed by atoms with van der Waals surface area (Å²) in [5.74, 6) is -0.256. The number of likely N-dealkylation sites (tertiary alicyclic amines) is 1. The third kappa shape index (κ3) is 4.99. The smallest absolute Gasteiger partial charge is 0.255 e.